The van der Waals surface area contributed by atoms with Gasteiger partial charge in [0.25, 0.3) is 0 Å². The van der Waals surface area contributed by atoms with Crippen molar-refractivity contribution >= 4 is 29.1 Å². The van der Waals surface area contributed by atoms with E-state index in [4.69, 9.17) is 22.4 Å². The first-order valence-electron chi connectivity index (χ1n) is 3.00. The Bertz CT molecular complexity index is 316. The number of hydrogen-bond donors (Lipinski definition) is 3. The maximum atomic E-state index is 10.2. The van der Waals surface area contributed by atoms with Crippen LogP contribution in [0.15, 0.2) is 12.3 Å². The van der Waals surface area contributed by atoms with Crippen LogP contribution in [0.4, 0.5) is 16.2 Å². The van der Waals surface area contributed by atoms with Crippen molar-refractivity contribution in [2.45, 2.75) is 0 Å². The molecule has 12 heavy (non-hydrogen) atoms. The first kappa shape index (κ1) is 8.61. The van der Waals surface area contributed by atoms with Gasteiger partial charge in [-0.1, -0.05) is 11.6 Å². The molecule has 4 N–H and O–H groups in total. The predicted octanol–water partition coefficient (Wildman–Crippen LogP) is 1.41. The van der Waals surface area contributed by atoms with E-state index in [0.29, 0.717) is 0 Å². The number of amides is 1. The summed E-state index contributed by atoms with van der Waals surface area (Å²) in [6.45, 7) is 0. The highest BCUT2D eigenvalue weighted by molar-refractivity contribution is 6.29. The fourth-order valence-electron chi connectivity index (χ4n) is 0.664. The van der Waals surface area contributed by atoms with Crippen molar-refractivity contribution in [2.75, 3.05) is 11.1 Å². The first-order chi connectivity index (χ1) is 5.59. The summed E-state index contributed by atoms with van der Waals surface area (Å²) in [5.74, 6) is 0. The van der Waals surface area contributed by atoms with E-state index in [2.05, 4.69) is 10.3 Å². The molecular formula is C6H6ClN3O2. The molecule has 0 fully saturated rings. The Balaban J connectivity index is 2.97. The summed E-state index contributed by atoms with van der Waals surface area (Å²) < 4.78 is 0. The smallest absolute Gasteiger partial charge is 0.409 e. The number of nitrogen functional groups attached to an aromatic ring is 1. The van der Waals surface area contributed by atoms with Crippen molar-refractivity contribution in [3.63, 3.8) is 0 Å². The molecule has 0 radical (unpaired) electrons. The molecule has 1 aromatic heterocycles. The van der Waals surface area contributed by atoms with E-state index < -0.39 is 6.09 Å². The van der Waals surface area contributed by atoms with Gasteiger partial charge in [-0.2, -0.15) is 0 Å². The standard InChI is InChI=1S/C6H6ClN3O2/c7-5-1-4(10-6(11)12)3(8)2-9-5/h1-2H,8H2,(H,9,10)(H,11,12). The molecule has 1 rings (SSSR count). The van der Waals surface area contributed by atoms with Crippen LogP contribution >= 0.6 is 11.6 Å². The largest absolute Gasteiger partial charge is 0.465 e. The number of pyridine rings is 1. The number of nitrogens with zero attached hydrogens (tertiary/aromatic N) is 1. The monoisotopic (exact) mass is 187 g/mol. The van der Waals surface area contributed by atoms with E-state index in [-0.39, 0.29) is 16.5 Å². The van der Waals surface area contributed by atoms with Crippen LogP contribution in [0, 0.1) is 0 Å². The van der Waals surface area contributed by atoms with E-state index in [1.807, 2.05) is 0 Å². The topological polar surface area (TPSA) is 88.2 Å². The number of anilines is 2. The summed E-state index contributed by atoms with van der Waals surface area (Å²) in [6, 6.07) is 1.34. The minimum Gasteiger partial charge on any atom is -0.465 e. The van der Waals surface area contributed by atoms with Gasteiger partial charge in [-0.05, 0) is 0 Å². The Labute approximate surface area is 73.2 Å². The maximum Gasteiger partial charge on any atom is 0.409 e. The molecule has 64 valence electrons. The highest BCUT2D eigenvalue weighted by atomic mass is 35.5. The summed E-state index contributed by atoms with van der Waals surface area (Å²) in [5, 5.41) is 10.6. The molecule has 0 saturated carbocycles. The number of carbonyl (C=O) groups is 1. The lowest BCUT2D eigenvalue weighted by molar-refractivity contribution is 0.210. The minimum absolute atomic E-state index is 0.188. The zero-order valence-electron chi connectivity index (χ0n) is 5.91. The van der Waals surface area contributed by atoms with Gasteiger partial charge in [0.05, 0.1) is 17.6 Å². The Kier molecular flexibility index (Phi) is 2.35. The fraction of sp³-hybridized carbons (Fsp3) is 0. The fourth-order valence-corrected chi connectivity index (χ4v) is 0.822. The Morgan fingerprint density at radius 3 is 3.00 bits per heavy atom. The SMILES string of the molecule is Nc1cnc(Cl)cc1NC(=O)O. The van der Waals surface area contributed by atoms with Gasteiger partial charge in [-0.25, -0.2) is 9.78 Å². The van der Waals surface area contributed by atoms with Gasteiger partial charge in [0, 0.05) is 6.07 Å². The number of halogens is 1. The van der Waals surface area contributed by atoms with Gasteiger partial charge in [0.2, 0.25) is 0 Å². The van der Waals surface area contributed by atoms with Crippen LogP contribution in [0.5, 0.6) is 0 Å². The Hall–Kier alpha value is -1.49. The number of aromatic nitrogens is 1. The first-order valence-corrected chi connectivity index (χ1v) is 3.38. The van der Waals surface area contributed by atoms with E-state index in [0.717, 1.165) is 0 Å². The second-order valence-corrected chi connectivity index (χ2v) is 2.41. The van der Waals surface area contributed by atoms with E-state index >= 15 is 0 Å². The maximum absolute atomic E-state index is 10.2. The van der Waals surface area contributed by atoms with Crippen LogP contribution < -0.4 is 11.1 Å². The molecule has 0 atom stereocenters. The third kappa shape index (κ3) is 2.00. The quantitative estimate of drug-likeness (QED) is 0.580. The van der Waals surface area contributed by atoms with Crippen LogP contribution in [0.25, 0.3) is 0 Å². The van der Waals surface area contributed by atoms with Crippen LogP contribution in [0.3, 0.4) is 0 Å². The van der Waals surface area contributed by atoms with Crippen molar-refractivity contribution in [3.05, 3.63) is 17.4 Å². The van der Waals surface area contributed by atoms with Crippen LogP contribution in [-0.2, 0) is 0 Å². The Morgan fingerprint density at radius 2 is 2.42 bits per heavy atom. The highest BCUT2D eigenvalue weighted by Crippen LogP contribution is 2.19. The molecule has 0 aliphatic heterocycles. The molecule has 0 aliphatic rings. The molecule has 1 aromatic rings. The van der Waals surface area contributed by atoms with Gasteiger partial charge in [-0.3, -0.25) is 5.32 Å². The summed E-state index contributed by atoms with van der Waals surface area (Å²) in [4.78, 5) is 13.9. The van der Waals surface area contributed by atoms with Crippen LogP contribution in [0.2, 0.25) is 5.15 Å². The summed E-state index contributed by atoms with van der Waals surface area (Å²) in [6.07, 6.45) is 0.0946. The van der Waals surface area contributed by atoms with E-state index in [1.54, 1.807) is 0 Å². The molecule has 1 heterocycles. The van der Waals surface area contributed by atoms with Gasteiger partial charge < -0.3 is 10.8 Å². The molecule has 0 saturated heterocycles. The molecule has 1 amide bonds. The summed E-state index contributed by atoms with van der Waals surface area (Å²) in [5.41, 5.74) is 5.87. The van der Waals surface area contributed by atoms with Crippen molar-refractivity contribution in [3.8, 4) is 0 Å². The molecule has 5 nitrogen and oxygen atoms in total. The Morgan fingerprint density at radius 1 is 1.75 bits per heavy atom. The molecular weight excluding hydrogens is 182 g/mol. The molecule has 0 bridgehead atoms. The zero-order valence-corrected chi connectivity index (χ0v) is 6.67. The average molecular weight is 188 g/mol. The summed E-state index contributed by atoms with van der Waals surface area (Å²) in [7, 11) is 0. The second-order valence-electron chi connectivity index (χ2n) is 2.02. The van der Waals surface area contributed by atoms with Crippen LogP contribution in [-0.4, -0.2) is 16.2 Å². The van der Waals surface area contributed by atoms with Crippen molar-refractivity contribution in [1.82, 2.24) is 4.98 Å². The second kappa shape index (κ2) is 3.27. The lowest BCUT2D eigenvalue weighted by Crippen LogP contribution is -2.09. The third-order valence-electron chi connectivity index (χ3n) is 1.14. The number of nitrogens with two attached hydrogens (primary N) is 1. The number of hydrogen-bond acceptors (Lipinski definition) is 3. The molecule has 6 heteroatoms. The van der Waals surface area contributed by atoms with E-state index in [9.17, 15) is 4.79 Å². The van der Waals surface area contributed by atoms with Crippen LogP contribution in [0.1, 0.15) is 0 Å². The normalized spacial score (nSPS) is 9.42. The lowest BCUT2D eigenvalue weighted by Gasteiger charge is -2.03. The molecule has 0 spiro atoms. The third-order valence-corrected chi connectivity index (χ3v) is 1.35. The van der Waals surface area contributed by atoms with Crippen molar-refractivity contribution in [1.29, 1.82) is 0 Å². The number of nitrogens with one attached hydrogen (secondary N) is 1. The van der Waals surface area contributed by atoms with Crippen molar-refractivity contribution in [2.24, 2.45) is 0 Å². The average Bonchev–Trinajstić information content (AvgIpc) is 1.96. The van der Waals surface area contributed by atoms with Gasteiger partial charge >= 0.3 is 6.09 Å². The highest BCUT2D eigenvalue weighted by Gasteiger charge is 2.03. The molecule has 0 aliphatic carbocycles. The molecule has 0 aromatic carbocycles. The van der Waals surface area contributed by atoms with Gasteiger partial charge in [0.1, 0.15) is 5.15 Å². The van der Waals surface area contributed by atoms with E-state index in [1.165, 1.54) is 12.3 Å². The molecule has 0 unspecified atom stereocenters. The van der Waals surface area contributed by atoms with Crippen molar-refractivity contribution < 1.29 is 9.90 Å². The minimum atomic E-state index is -1.19. The number of carboxylic acid groups (broad SMARTS) is 1. The lowest BCUT2D eigenvalue weighted by atomic mass is 10.3. The predicted molar refractivity (Wildman–Crippen MR) is 45.3 cm³/mol. The summed E-state index contributed by atoms with van der Waals surface area (Å²) >= 11 is 5.50. The number of rotatable bonds is 1. The zero-order chi connectivity index (χ0) is 9.14. The van der Waals surface area contributed by atoms with Gasteiger partial charge in [0.15, 0.2) is 0 Å². The van der Waals surface area contributed by atoms with Gasteiger partial charge in [-0.15, -0.1) is 0 Å².